The van der Waals surface area contributed by atoms with E-state index in [1.165, 1.54) is 6.42 Å². The van der Waals surface area contributed by atoms with E-state index < -0.39 is 0 Å². The Morgan fingerprint density at radius 2 is 2.35 bits per heavy atom. The van der Waals surface area contributed by atoms with Crippen molar-refractivity contribution in [3.8, 4) is 5.75 Å². The molecule has 20 heavy (non-hydrogen) atoms. The lowest BCUT2D eigenvalue weighted by Crippen LogP contribution is -2.39. The van der Waals surface area contributed by atoms with Crippen molar-refractivity contribution in [3.63, 3.8) is 0 Å². The number of carbonyl (C=O) groups is 1. The van der Waals surface area contributed by atoms with Crippen molar-refractivity contribution in [2.75, 3.05) is 19.7 Å². The molecule has 2 rings (SSSR count). The highest BCUT2D eigenvalue weighted by Gasteiger charge is 2.14. The van der Waals surface area contributed by atoms with Crippen LogP contribution in [0.25, 0.3) is 0 Å². The van der Waals surface area contributed by atoms with Gasteiger partial charge in [-0.1, -0.05) is 11.6 Å². The van der Waals surface area contributed by atoms with Gasteiger partial charge in [-0.3, -0.25) is 4.79 Å². The molecule has 0 bridgehead atoms. The molecule has 4 nitrogen and oxygen atoms in total. The van der Waals surface area contributed by atoms with E-state index in [0.29, 0.717) is 23.4 Å². The van der Waals surface area contributed by atoms with Gasteiger partial charge in [-0.25, -0.2) is 0 Å². The molecule has 0 aromatic heterocycles. The monoisotopic (exact) mass is 318 g/mol. The van der Waals surface area contributed by atoms with Gasteiger partial charge in [-0.15, -0.1) is 12.4 Å². The molecule has 2 N–H and O–H groups in total. The normalized spacial score (nSPS) is 17.4. The third-order valence-corrected chi connectivity index (χ3v) is 3.44. The van der Waals surface area contributed by atoms with Crippen LogP contribution in [0.4, 0.5) is 0 Å². The minimum atomic E-state index is -0.0944. The average Bonchev–Trinajstić information content (AvgIpc) is 2.88. The number of aryl methyl sites for hydroxylation is 1. The molecule has 112 valence electrons. The Morgan fingerprint density at radius 3 is 3.00 bits per heavy atom. The summed E-state index contributed by atoms with van der Waals surface area (Å²) in [6.07, 6.45) is 2.30. The van der Waals surface area contributed by atoms with Gasteiger partial charge in [0.05, 0.1) is 0 Å². The maximum Gasteiger partial charge on any atom is 0.257 e. The highest BCUT2D eigenvalue weighted by Crippen LogP contribution is 2.21. The van der Waals surface area contributed by atoms with Gasteiger partial charge in [0.15, 0.2) is 6.61 Å². The lowest BCUT2D eigenvalue weighted by Gasteiger charge is -2.12. The lowest BCUT2D eigenvalue weighted by molar-refractivity contribution is -0.123. The maximum atomic E-state index is 11.7. The van der Waals surface area contributed by atoms with Crippen LogP contribution in [0.15, 0.2) is 18.2 Å². The van der Waals surface area contributed by atoms with Crippen LogP contribution in [-0.2, 0) is 4.79 Å². The minimum Gasteiger partial charge on any atom is -0.484 e. The summed E-state index contributed by atoms with van der Waals surface area (Å²) in [7, 11) is 0. The van der Waals surface area contributed by atoms with Gasteiger partial charge in [-0.2, -0.15) is 0 Å². The largest absolute Gasteiger partial charge is 0.484 e. The third-order valence-electron chi connectivity index (χ3n) is 3.20. The average molecular weight is 319 g/mol. The van der Waals surface area contributed by atoms with Crippen LogP contribution in [0, 0.1) is 6.92 Å². The number of benzene rings is 1. The zero-order chi connectivity index (χ0) is 13.7. The summed E-state index contributed by atoms with van der Waals surface area (Å²) in [6.45, 7) is 3.65. The van der Waals surface area contributed by atoms with E-state index in [1.807, 2.05) is 13.0 Å². The topological polar surface area (TPSA) is 50.4 Å². The fourth-order valence-corrected chi connectivity index (χ4v) is 2.36. The molecule has 1 saturated heterocycles. The standard InChI is InChI=1S/C14H19ClN2O2.ClH/c1-10-7-11(15)4-5-13(10)19-9-14(18)17-8-12-3-2-6-16-12;/h4-5,7,12,16H,2-3,6,8-9H2,1H3,(H,17,18);1H/t12-;/m0./s1. The molecule has 1 atom stereocenters. The van der Waals surface area contributed by atoms with Crippen molar-refractivity contribution < 1.29 is 9.53 Å². The molecule has 6 heteroatoms. The lowest BCUT2D eigenvalue weighted by atomic mass is 10.2. The number of hydrogen-bond donors (Lipinski definition) is 2. The zero-order valence-electron chi connectivity index (χ0n) is 11.4. The van der Waals surface area contributed by atoms with E-state index in [2.05, 4.69) is 10.6 Å². The number of nitrogens with one attached hydrogen (secondary N) is 2. The van der Waals surface area contributed by atoms with E-state index in [4.69, 9.17) is 16.3 Å². The number of hydrogen-bond acceptors (Lipinski definition) is 3. The van der Waals surface area contributed by atoms with Gasteiger partial charge in [0.1, 0.15) is 5.75 Å². The third kappa shape index (κ3) is 5.19. The van der Waals surface area contributed by atoms with E-state index in [1.54, 1.807) is 12.1 Å². The number of ether oxygens (including phenoxy) is 1. The molecule has 0 aliphatic carbocycles. The summed E-state index contributed by atoms with van der Waals surface area (Å²) in [5.41, 5.74) is 0.928. The van der Waals surface area contributed by atoms with Crippen molar-refractivity contribution in [2.24, 2.45) is 0 Å². The summed E-state index contributed by atoms with van der Waals surface area (Å²) in [4.78, 5) is 11.7. The summed E-state index contributed by atoms with van der Waals surface area (Å²) in [6, 6.07) is 5.76. The fourth-order valence-electron chi connectivity index (χ4n) is 2.14. The van der Waals surface area contributed by atoms with E-state index in [9.17, 15) is 4.79 Å². The molecule has 1 fully saturated rings. The van der Waals surface area contributed by atoms with E-state index >= 15 is 0 Å². The first-order valence-corrected chi connectivity index (χ1v) is 6.92. The zero-order valence-corrected chi connectivity index (χ0v) is 13.0. The number of rotatable bonds is 5. The predicted octanol–water partition coefficient (Wildman–Crippen LogP) is 2.32. The van der Waals surface area contributed by atoms with E-state index in [-0.39, 0.29) is 24.9 Å². The van der Waals surface area contributed by atoms with Gasteiger partial charge >= 0.3 is 0 Å². The SMILES string of the molecule is Cc1cc(Cl)ccc1OCC(=O)NC[C@@H]1CCCN1.Cl. The molecule has 0 radical (unpaired) electrons. The highest BCUT2D eigenvalue weighted by molar-refractivity contribution is 6.30. The van der Waals surface area contributed by atoms with Crippen LogP contribution in [0.1, 0.15) is 18.4 Å². The second-order valence-electron chi connectivity index (χ2n) is 4.80. The van der Waals surface area contributed by atoms with Crippen LogP contribution >= 0.6 is 24.0 Å². The van der Waals surface area contributed by atoms with Crippen molar-refractivity contribution in [3.05, 3.63) is 28.8 Å². The second-order valence-corrected chi connectivity index (χ2v) is 5.23. The van der Waals surface area contributed by atoms with Crippen molar-refractivity contribution in [1.29, 1.82) is 0 Å². The molecular formula is C14H20Cl2N2O2. The second kappa shape index (κ2) is 8.35. The van der Waals surface area contributed by atoms with Gasteiger partial charge in [0.2, 0.25) is 0 Å². The molecule has 0 spiro atoms. The summed E-state index contributed by atoms with van der Waals surface area (Å²) < 4.78 is 5.48. The number of carbonyl (C=O) groups excluding carboxylic acids is 1. The Balaban J connectivity index is 0.00000200. The molecule has 1 aromatic carbocycles. The fraction of sp³-hybridized carbons (Fsp3) is 0.500. The quantitative estimate of drug-likeness (QED) is 0.876. The van der Waals surface area contributed by atoms with Crippen LogP contribution in [0.5, 0.6) is 5.75 Å². The Bertz CT molecular complexity index is 449. The highest BCUT2D eigenvalue weighted by atomic mass is 35.5. The van der Waals surface area contributed by atoms with Crippen molar-refractivity contribution in [1.82, 2.24) is 10.6 Å². The van der Waals surface area contributed by atoms with Crippen molar-refractivity contribution in [2.45, 2.75) is 25.8 Å². The van der Waals surface area contributed by atoms with Gasteiger partial charge < -0.3 is 15.4 Å². The Labute approximate surface area is 130 Å². The first kappa shape index (κ1) is 17.1. The summed E-state index contributed by atoms with van der Waals surface area (Å²) in [5.74, 6) is 0.599. The van der Waals surface area contributed by atoms with Crippen molar-refractivity contribution >= 4 is 29.9 Å². The molecule has 1 amide bonds. The van der Waals surface area contributed by atoms with Gasteiger partial charge in [0.25, 0.3) is 5.91 Å². The smallest absolute Gasteiger partial charge is 0.257 e. The maximum absolute atomic E-state index is 11.7. The number of halogens is 2. The molecular weight excluding hydrogens is 299 g/mol. The number of amides is 1. The molecule has 1 aliphatic heterocycles. The molecule has 0 unspecified atom stereocenters. The Hall–Kier alpha value is -0.970. The van der Waals surface area contributed by atoms with Crippen LogP contribution < -0.4 is 15.4 Å². The summed E-state index contributed by atoms with van der Waals surface area (Å²) in [5, 5.41) is 6.87. The molecule has 1 aromatic rings. The van der Waals surface area contributed by atoms with Crippen LogP contribution in [-0.4, -0.2) is 31.6 Å². The first-order chi connectivity index (χ1) is 9.15. The van der Waals surface area contributed by atoms with Crippen LogP contribution in [0.2, 0.25) is 5.02 Å². The van der Waals surface area contributed by atoms with Gasteiger partial charge in [0, 0.05) is 17.6 Å². The predicted molar refractivity (Wildman–Crippen MR) is 83.0 cm³/mol. The van der Waals surface area contributed by atoms with E-state index in [0.717, 1.165) is 18.5 Å². The first-order valence-electron chi connectivity index (χ1n) is 6.54. The Morgan fingerprint density at radius 1 is 1.55 bits per heavy atom. The molecule has 0 saturated carbocycles. The minimum absolute atomic E-state index is 0. The summed E-state index contributed by atoms with van der Waals surface area (Å²) >= 11 is 5.86. The molecule has 1 aliphatic rings. The van der Waals surface area contributed by atoms with Gasteiger partial charge in [-0.05, 0) is 50.1 Å². The van der Waals surface area contributed by atoms with Crippen LogP contribution in [0.3, 0.4) is 0 Å². The Kier molecular flexibility index (Phi) is 7.13. The molecule has 1 heterocycles.